The molecule has 0 fully saturated rings. The second-order valence-electron chi connectivity index (χ2n) is 4.86. The molecule has 21 heavy (non-hydrogen) atoms. The minimum atomic E-state index is -0.135. The molecule has 2 aromatic carbocycles. The van der Waals surface area contributed by atoms with Crippen LogP contribution in [-0.2, 0) is 11.3 Å². The molecule has 3 rings (SSSR count). The van der Waals surface area contributed by atoms with Crippen molar-refractivity contribution in [2.24, 2.45) is 0 Å². The molecule has 0 amide bonds. The predicted molar refractivity (Wildman–Crippen MR) is 76.5 cm³/mol. The summed E-state index contributed by atoms with van der Waals surface area (Å²) in [5.74, 6) is -0.257. The summed E-state index contributed by atoms with van der Waals surface area (Å²) in [5, 5.41) is 8.70. The molecule has 4 heteroatoms. The van der Waals surface area contributed by atoms with E-state index >= 15 is 0 Å². The molecule has 0 saturated heterocycles. The Labute approximate surface area is 122 Å². The maximum atomic E-state index is 12.5. The van der Waals surface area contributed by atoms with E-state index in [0.717, 1.165) is 5.56 Å². The van der Waals surface area contributed by atoms with Gasteiger partial charge in [0.1, 0.15) is 0 Å². The van der Waals surface area contributed by atoms with Gasteiger partial charge in [0.2, 0.25) is 0 Å². The summed E-state index contributed by atoms with van der Waals surface area (Å²) in [6, 6.07) is 12.0. The predicted octanol–water partition coefficient (Wildman–Crippen LogP) is 1.97. The molecule has 0 radical (unpaired) electrons. The molecule has 1 N–H and O–H groups in total. The molecule has 1 aliphatic carbocycles. The third-order valence-electron chi connectivity index (χ3n) is 3.49. The van der Waals surface area contributed by atoms with Crippen LogP contribution in [0, 0.1) is 0 Å². The molecule has 0 aliphatic heterocycles. The fourth-order valence-electron chi connectivity index (χ4n) is 2.49. The Kier molecular flexibility index (Phi) is 3.64. The van der Waals surface area contributed by atoms with E-state index in [0.29, 0.717) is 28.9 Å². The van der Waals surface area contributed by atoms with Gasteiger partial charge in [-0.3, -0.25) is 9.59 Å². The van der Waals surface area contributed by atoms with Gasteiger partial charge in [0, 0.05) is 22.3 Å². The SMILES string of the molecule is O=C1c2ccccc2C(=O)c2cc(COCCO)ccc21. The highest BCUT2D eigenvalue weighted by molar-refractivity contribution is 6.28. The zero-order valence-electron chi connectivity index (χ0n) is 11.3. The highest BCUT2D eigenvalue weighted by atomic mass is 16.5. The van der Waals surface area contributed by atoms with Crippen LogP contribution in [0.25, 0.3) is 0 Å². The Morgan fingerprint density at radius 3 is 2.14 bits per heavy atom. The Hall–Kier alpha value is -2.30. The van der Waals surface area contributed by atoms with Crippen LogP contribution in [-0.4, -0.2) is 29.9 Å². The normalized spacial score (nSPS) is 13.0. The van der Waals surface area contributed by atoms with Crippen molar-refractivity contribution < 1.29 is 19.4 Å². The van der Waals surface area contributed by atoms with E-state index in [9.17, 15) is 9.59 Å². The molecule has 0 saturated carbocycles. The second kappa shape index (κ2) is 5.60. The van der Waals surface area contributed by atoms with Crippen molar-refractivity contribution in [3.8, 4) is 0 Å². The van der Waals surface area contributed by atoms with E-state index < -0.39 is 0 Å². The number of carbonyl (C=O) groups is 2. The molecule has 0 aromatic heterocycles. The van der Waals surface area contributed by atoms with Gasteiger partial charge in [-0.05, 0) is 17.7 Å². The summed E-state index contributed by atoms with van der Waals surface area (Å²) in [6.07, 6.45) is 0. The first-order valence-electron chi connectivity index (χ1n) is 6.72. The molecule has 0 atom stereocenters. The van der Waals surface area contributed by atoms with Crippen LogP contribution in [0.15, 0.2) is 42.5 Å². The highest BCUT2D eigenvalue weighted by Gasteiger charge is 2.29. The van der Waals surface area contributed by atoms with Gasteiger partial charge in [0.25, 0.3) is 0 Å². The van der Waals surface area contributed by atoms with Crippen molar-refractivity contribution in [2.45, 2.75) is 6.61 Å². The summed E-state index contributed by atoms with van der Waals surface area (Å²) in [4.78, 5) is 24.9. The van der Waals surface area contributed by atoms with Crippen molar-refractivity contribution in [3.63, 3.8) is 0 Å². The Morgan fingerprint density at radius 2 is 1.48 bits per heavy atom. The molecule has 1 aliphatic rings. The molecule has 2 aromatic rings. The average molecular weight is 282 g/mol. The number of ether oxygens (including phenoxy) is 1. The average Bonchev–Trinajstić information content (AvgIpc) is 2.53. The molecule has 106 valence electrons. The van der Waals surface area contributed by atoms with Crippen LogP contribution < -0.4 is 0 Å². The van der Waals surface area contributed by atoms with Crippen molar-refractivity contribution in [2.75, 3.05) is 13.2 Å². The molecule has 0 spiro atoms. The maximum Gasteiger partial charge on any atom is 0.194 e. The Balaban J connectivity index is 1.99. The van der Waals surface area contributed by atoms with Crippen LogP contribution in [0.3, 0.4) is 0 Å². The number of hydrogen-bond donors (Lipinski definition) is 1. The number of rotatable bonds is 4. The van der Waals surface area contributed by atoms with Gasteiger partial charge in [0.15, 0.2) is 11.6 Å². The largest absolute Gasteiger partial charge is 0.394 e. The minimum absolute atomic E-state index is 0.0459. The van der Waals surface area contributed by atoms with Crippen molar-refractivity contribution in [1.82, 2.24) is 0 Å². The molecular weight excluding hydrogens is 268 g/mol. The van der Waals surface area contributed by atoms with Gasteiger partial charge in [-0.2, -0.15) is 0 Å². The standard InChI is InChI=1S/C17H14O4/c18-7-8-21-10-11-5-6-14-15(9-11)17(20)13-4-2-1-3-12(13)16(14)19/h1-6,9,18H,7-8,10H2. The lowest BCUT2D eigenvalue weighted by atomic mass is 9.83. The third kappa shape index (κ3) is 2.39. The monoisotopic (exact) mass is 282 g/mol. The van der Waals surface area contributed by atoms with Crippen LogP contribution in [0.4, 0.5) is 0 Å². The van der Waals surface area contributed by atoms with Crippen LogP contribution >= 0.6 is 0 Å². The summed E-state index contributed by atoms with van der Waals surface area (Å²) in [5.41, 5.74) is 2.57. The summed E-state index contributed by atoms with van der Waals surface area (Å²) >= 11 is 0. The number of aliphatic hydroxyl groups is 1. The molecule has 0 heterocycles. The molecule has 0 bridgehead atoms. The zero-order chi connectivity index (χ0) is 14.8. The number of fused-ring (bicyclic) bond motifs is 2. The maximum absolute atomic E-state index is 12.5. The van der Waals surface area contributed by atoms with Gasteiger partial charge >= 0.3 is 0 Å². The van der Waals surface area contributed by atoms with Crippen molar-refractivity contribution in [1.29, 1.82) is 0 Å². The lowest BCUT2D eigenvalue weighted by Gasteiger charge is -2.18. The van der Waals surface area contributed by atoms with Crippen LogP contribution in [0.5, 0.6) is 0 Å². The van der Waals surface area contributed by atoms with Gasteiger partial charge in [-0.15, -0.1) is 0 Å². The minimum Gasteiger partial charge on any atom is -0.394 e. The molecular formula is C17H14O4. The van der Waals surface area contributed by atoms with E-state index in [-0.39, 0.29) is 24.8 Å². The number of hydrogen-bond acceptors (Lipinski definition) is 4. The topological polar surface area (TPSA) is 63.6 Å². The highest BCUT2D eigenvalue weighted by Crippen LogP contribution is 2.27. The summed E-state index contributed by atoms with van der Waals surface area (Å²) < 4.78 is 5.25. The Bertz CT molecular complexity index is 718. The zero-order valence-corrected chi connectivity index (χ0v) is 11.3. The van der Waals surface area contributed by atoms with E-state index in [1.165, 1.54) is 0 Å². The number of ketones is 2. The number of aliphatic hydroxyl groups excluding tert-OH is 1. The first-order chi connectivity index (χ1) is 10.2. The first-order valence-corrected chi connectivity index (χ1v) is 6.72. The smallest absolute Gasteiger partial charge is 0.194 e. The Morgan fingerprint density at radius 1 is 0.857 bits per heavy atom. The van der Waals surface area contributed by atoms with E-state index in [4.69, 9.17) is 9.84 Å². The quantitative estimate of drug-likeness (QED) is 0.743. The lowest BCUT2D eigenvalue weighted by Crippen LogP contribution is -2.21. The fourth-order valence-corrected chi connectivity index (χ4v) is 2.49. The van der Waals surface area contributed by atoms with Crippen molar-refractivity contribution in [3.05, 3.63) is 70.3 Å². The third-order valence-corrected chi connectivity index (χ3v) is 3.49. The van der Waals surface area contributed by atoms with E-state index in [1.807, 2.05) is 0 Å². The van der Waals surface area contributed by atoms with E-state index in [1.54, 1.807) is 42.5 Å². The fraction of sp³-hybridized carbons (Fsp3) is 0.176. The summed E-state index contributed by atoms with van der Waals surface area (Å²) in [6.45, 7) is 0.499. The summed E-state index contributed by atoms with van der Waals surface area (Å²) in [7, 11) is 0. The van der Waals surface area contributed by atoms with E-state index in [2.05, 4.69) is 0 Å². The van der Waals surface area contributed by atoms with Crippen LogP contribution in [0.2, 0.25) is 0 Å². The second-order valence-corrected chi connectivity index (χ2v) is 4.86. The lowest BCUT2D eigenvalue weighted by molar-refractivity contribution is 0.0814. The van der Waals surface area contributed by atoms with Crippen molar-refractivity contribution >= 4 is 11.6 Å². The number of benzene rings is 2. The van der Waals surface area contributed by atoms with Gasteiger partial charge < -0.3 is 9.84 Å². The van der Waals surface area contributed by atoms with Crippen LogP contribution in [0.1, 0.15) is 37.4 Å². The van der Waals surface area contributed by atoms with Gasteiger partial charge in [-0.1, -0.05) is 30.3 Å². The molecule has 4 nitrogen and oxygen atoms in total. The van der Waals surface area contributed by atoms with Gasteiger partial charge in [0.05, 0.1) is 19.8 Å². The van der Waals surface area contributed by atoms with Gasteiger partial charge in [-0.25, -0.2) is 0 Å². The first kappa shape index (κ1) is 13.7. The molecule has 0 unspecified atom stereocenters. The number of carbonyl (C=O) groups excluding carboxylic acids is 2.